The molecule has 37 heavy (non-hydrogen) atoms. The lowest BCUT2D eigenvalue weighted by molar-refractivity contribution is -0.139. The van der Waals surface area contributed by atoms with Crippen LogP contribution in [0.5, 0.6) is 0 Å². The molecule has 3 rings (SSSR count). The van der Waals surface area contributed by atoms with Gasteiger partial charge in [-0.15, -0.1) is 11.8 Å². The topological polar surface area (TPSA) is 49.4 Å². The SMILES string of the molecule is Cc1ccccc1CN(C(=O)CSCc1ccc(Cl)c(Cl)c1)[C@H](Cc1ccccc1)C(=O)NCC(C)C. The summed E-state index contributed by atoms with van der Waals surface area (Å²) in [7, 11) is 0. The summed E-state index contributed by atoms with van der Waals surface area (Å²) in [6, 6.07) is 22.7. The Morgan fingerprint density at radius 3 is 2.30 bits per heavy atom. The molecule has 0 saturated heterocycles. The van der Waals surface area contributed by atoms with E-state index >= 15 is 0 Å². The monoisotopic (exact) mass is 556 g/mol. The van der Waals surface area contributed by atoms with Crippen molar-refractivity contribution in [3.8, 4) is 0 Å². The minimum Gasteiger partial charge on any atom is -0.354 e. The zero-order chi connectivity index (χ0) is 26.8. The first-order valence-corrected chi connectivity index (χ1v) is 14.3. The van der Waals surface area contributed by atoms with Crippen LogP contribution in [0.1, 0.15) is 36.1 Å². The summed E-state index contributed by atoms with van der Waals surface area (Å²) in [4.78, 5) is 29.0. The Labute approximate surface area is 234 Å². The highest BCUT2D eigenvalue weighted by atomic mass is 35.5. The normalized spacial score (nSPS) is 11.8. The van der Waals surface area contributed by atoms with Gasteiger partial charge >= 0.3 is 0 Å². The molecule has 3 aromatic carbocycles. The van der Waals surface area contributed by atoms with Gasteiger partial charge in [-0.25, -0.2) is 0 Å². The van der Waals surface area contributed by atoms with Gasteiger partial charge in [0, 0.05) is 25.3 Å². The number of amides is 2. The lowest BCUT2D eigenvalue weighted by atomic mass is 10.0. The Bertz CT molecular complexity index is 1190. The second kappa shape index (κ2) is 14.5. The van der Waals surface area contributed by atoms with Crippen molar-refractivity contribution < 1.29 is 9.59 Å². The predicted molar refractivity (Wildman–Crippen MR) is 156 cm³/mol. The van der Waals surface area contributed by atoms with Gasteiger partial charge in [0.1, 0.15) is 6.04 Å². The second-order valence-electron chi connectivity index (χ2n) is 9.53. The highest BCUT2D eigenvalue weighted by Crippen LogP contribution is 2.25. The van der Waals surface area contributed by atoms with Crippen molar-refractivity contribution in [2.45, 2.75) is 45.5 Å². The van der Waals surface area contributed by atoms with Crippen LogP contribution in [0.4, 0.5) is 0 Å². The van der Waals surface area contributed by atoms with Gasteiger partial charge in [0.2, 0.25) is 11.8 Å². The van der Waals surface area contributed by atoms with Crippen molar-refractivity contribution in [2.24, 2.45) is 5.92 Å². The van der Waals surface area contributed by atoms with Crippen molar-refractivity contribution in [2.75, 3.05) is 12.3 Å². The molecule has 1 N–H and O–H groups in total. The molecule has 0 bridgehead atoms. The molecule has 0 heterocycles. The van der Waals surface area contributed by atoms with Crippen LogP contribution in [0.2, 0.25) is 10.0 Å². The smallest absolute Gasteiger partial charge is 0.243 e. The summed E-state index contributed by atoms with van der Waals surface area (Å²) in [5, 5.41) is 4.07. The summed E-state index contributed by atoms with van der Waals surface area (Å²) >= 11 is 13.7. The molecule has 1 atom stereocenters. The number of nitrogens with zero attached hydrogens (tertiary/aromatic N) is 1. The molecule has 0 fully saturated rings. The van der Waals surface area contributed by atoms with Gasteiger partial charge in [-0.2, -0.15) is 0 Å². The van der Waals surface area contributed by atoms with Gasteiger partial charge in [0.25, 0.3) is 0 Å². The minimum atomic E-state index is -0.626. The number of benzene rings is 3. The summed E-state index contributed by atoms with van der Waals surface area (Å²) in [5.41, 5.74) is 4.12. The summed E-state index contributed by atoms with van der Waals surface area (Å²) in [6.45, 7) is 7.07. The number of hydrogen-bond acceptors (Lipinski definition) is 3. The molecule has 4 nitrogen and oxygen atoms in total. The van der Waals surface area contributed by atoms with Crippen LogP contribution in [0.3, 0.4) is 0 Å². The Morgan fingerprint density at radius 2 is 1.62 bits per heavy atom. The standard InChI is InChI=1S/C30H34Cl2N2O2S/c1-21(2)17-33-30(36)28(16-23-10-5-4-6-11-23)34(18-25-12-8-7-9-22(25)3)29(35)20-37-19-24-13-14-26(31)27(32)15-24/h4-15,21,28H,16-20H2,1-3H3,(H,33,36)/t28-/m1/s1. The van der Waals surface area contributed by atoms with Crippen LogP contribution in [0.15, 0.2) is 72.8 Å². The first kappa shape index (κ1) is 29.1. The number of rotatable bonds is 12. The Balaban J connectivity index is 1.85. The van der Waals surface area contributed by atoms with Crippen LogP contribution in [-0.4, -0.2) is 35.1 Å². The summed E-state index contributed by atoms with van der Waals surface area (Å²) in [6.07, 6.45) is 0.444. The molecule has 0 aromatic heterocycles. The van der Waals surface area contributed by atoms with Crippen molar-refractivity contribution in [3.05, 3.63) is 105 Å². The highest BCUT2D eigenvalue weighted by molar-refractivity contribution is 7.99. The number of thioether (sulfide) groups is 1. The lowest BCUT2D eigenvalue weighted by Gasteiger charge is -2.32. The molecule has 0 unspecified atom stereocenters. The number of carbonyl (C=O) groups excluding carboxylic acids is 2. The zero-order valence-corrected chi connectivity index (χ0v) is 23.9. The van der Waals surface area contributed by atoms with E-state index in [1.165, 1.54) is 11.8 Å². The fourth-order valence-electron chi connectivity index (χ4n) is 3.92. The maximum absolute atomic E-state index is 13.7. The third-order valence-corrected chi connectivity index (χ3v) is 7.76. The second-order valence-corrected chi connectivity index (χ2v) is 11.3. The average Bonchev–Trinajstić information content (AvgIpc) is 2.88. The fourth-order valence-corrected chi connectivity index (χ4v) is 5.09. The Kier molecular flexibility index (Phi) is 11.4. The van der Waals surface area contributed by atoms with Crippen LogP contribution in [0, 0.1) is 12.8 Å². The van der Waals surface area contributed by atoms with E-state index in [0.29, 0.717) is 41.2 Å². The Morgan fingerprint density at radius 1 is 0.919 bits per heavy atom. The first-order valence-electron chi connectivity index (χ1n) is 12.4. The van der Waals surface area contributed by atoms with Gasteiger partial charge in [0.05, 0.1) is 15.8 Å². The van der Waals surface area contributed by atoms with Crippen LogP contribution >= 0.6 is 35.0 Å². The van der Waals surface area contributed by atoms with E-state index < -0.39 is 6.04 Å². The van der Waals surface area contributed by atoms with Gasteiger partial charge < -0.3 is 10.2 Å². The molecular weight excluding hydrogens is 523 g/mol. The van der Waals surface area contributed by atoms with Crippen LogP contribution in [0.25, 0.3) is 0 Å². The molecule has 0 aliphatic heterocycles. The molecule has 7 heteroatoms. The first-order chi connectivity index (χ1) is 17.7. The van der Waals surface area contributed by atoms with E-state index in [1.807, 2.05) is 73.7 Å². The van der Waals surface area contributed by atoms with E-state index in [2.05, 4.69) is 19.2 Å². The third-order valence-electron chi connectivity index (χ3n) is 6.04. The van der Waals surface area contributed by atoms with E-state index in [4.69, 9.17) is 23.2 Å². The van der Waals surface area contributed by atoms with E-state index in [-0.39, 0.29) is 17.6 Å². The number of halogens is 2. The van der Waals surface area contributed by atoms with Crippen molar-refractivity contribution in [1.82, 2.24) is 10.2 Å². The van der Waals surface area contributed by atoms with Crippen molar-refractivity contribution in [3.63, 3.8) is 0 Å². The molecule has 0 aliphatic rings. The molecule has 0 aliphatic carbocycles. The Hall–Kier alpha value is -2.47. The van der Waals surface area contributed by atoms with E-state index in [0.717, 1.165) is 22.3 Å². The molecular formula is C30H34Cl2N2O2S. The highest BCUT2D eigenvalue weighted by Gasteiger charge is 2.30. The van der Waals surface area contributed by atoms with Gasteiger partial charge in [-0.3, -0.25) is 9.59 Å². The van der Waals surface area contributed by atoms with Crippen molar-refractivity contribution >= 4 is 46.8 Å². The summed E-state index contributed by atoms with van der Waals surface area (Å²) < 4.78 is 0. The number of hydrogen-bond donors (Lipinski definition) is 1. The van der Waals surface area contributed by atoms with E-state index in [9.17, 15) is 9.59 Å². The van der Waals surface area contributed by atoms with Gasteiger partial charge in [0.15, 0.2) is 0 Å². The predicted octanol–water partition coefficient (Wildman–Crippen LogP) is 6.95. The third kappa shape index (κ3) is 9.10. The van der Waals surface area contributed by atoms with Gasteiger partial charge in [-0.1, -0.05) is 97.7 Å². The molecule has 0 radical (unpaired) electrons. The molecule has 2 amide bonds. The molecule has 196 valence electrons. The van der Waals surface area contributed by atoms with E-state index in [1.54, 1.807) is 11.0 Å². The average molecular weight is 558 g/mol. The minimum absolute atomic E-state index is 0.0751. The maximum Gasteiger partial charge on any atom is 0.243 e. The lowest BCUT2D eigenvalue weighted by Crippen LogP contribution is -2.51. The number of aryl methyl sites for hydroxylation is 1. The van der Waals surface area contributed by atoms with Gasteiger partial charge in [-0.05, 0) is 47.2 Å². The maximum atomic E-state index is 13.7. The van der Waals surface area contributed by atoms with Crippen LogP contribution < -0.4 is 5.32 Å². The largest absolute Gasteiger partial charge is 0.354 e. The summed E-state index contributed by atoms with van der Waals surface area (Å²) in [5.74, 6) is 0.963. The molecule has 0 spiro atoms. The van der Waals surface area contributed by atoms with Crippen molar-refractivity contribution in [1.29, 1.82) is 0 Å². The number of nitrogens with one attached hydrogen (secondary N) is 1. The molecule has 0 saturated carbocycles. The number of carbonyl (C=O) groups is 2. The zero-order valence-electron chi connectivity index (χ0n) is 21.5. The fraction of sp³-hybridized carbons (Fsp3) is 0.333. The van der Waals surface area contributed by atoms with Crippen LogP contribution in [-0.2, 0) is 28.3 Å². The molecule has 3 aromatic rings. The quantitative estimate of drug-likeness (QED) is 0.262.